The first-order valence-corrected chi connectivity index (χ1v) is 6.87. The van der Waals surface area contributed by atoms with Crippen LogP contribution in [0, 0.1) is 0 Å². The van der Waals surface area contributed by atoms with E-state index in [1.54, 1.807) is 20.2 Å². The molecule has 0 bridgehead atoms. The number of ketones is 1. The molecule has 1 amide bonds. The number of para-hydroxylation sites is 1. The Hall–Kier alpha value is -2.30. The summed E-state index contributed by atoms with van der Waals surface area (Å²) in [6.07, 6.45) is 3.52. The summed E-state index contributed by atoms with van der Waals surface area (Å²) in [5.74, 6) is 1.19. The SMILES string of the molecule is CNC(=O)C[C@@]12C=CC(=O)C[C@@H]1Oc1c(OC)cccc12. The standard InChI is InChI=1S/C16H17NO4/c1-17-14(19)9-16-7-6-10(18)8-13(16)21-15-11(16)4-3-5-12(15)20-2/h3-7,13H,8-9H2,1-2H3,(H,17,19)/t13-,16+/m0/s1. The van der Waals surface area contributed by atoms with Crippen LogP contribution in [0.5, 0.6) is 11.5 Å². The lowest BCUT2D eigenvalue weighted by Gasteiger charge is -2.32. The predicted molar refractivity (Wildman–Crippen MR) is 76.5 cm³/mol. The minimum Gasteiger partial charge on any atom is -0.493 e. The van der Waals surface area contributed by atoms with Gasteiger partial charge in [0.05, 0.1) is 12.5 Å². The number of ether oxygens (including phenoxy) is 2. The smallest absolute Gasteiger partial charge is 0.221 e. The number of benzene rings is 1. The average molecular weight is 287 g/mol. The van der Waals surface area contributed by atoms with Crippen LogP contribution in [0.1, 0.15) is 18.4 Å². The number of hydrogen-bond acceptors (Lipinski definition) is 4. The number of methoxy groups -OCH3 is 1. The number of fused-ring (bicyclic) bond motifs is 3. The Labute approximate surface area is 122 Å². The quantitative estimate of drug-likeness (QED) is 0.911. The maximum atomic E-state index is 11.9. The Kier molecular flexibility index (Phi) is 3.20. The fraction of sp³-hybridized carbons (Fsp3) is 0.375. The minimum atomic E-state index is -0.599. The molecular weight excluding hydrogens is 270 g/mol. The molecular formula is C16H17NO4. The number of nitrogens with one attached hydrogen (secondary N) is 1. The Bertz CT molecular complexity index is 637. The molecule has 21 heavy (non-hydrogen) atoms. The number of allylic oxidation sites excluding steroid dienone is 1. The molecule has 0 radical (unpaired) electrons. The van der Waals surface area contributed by atoms with Crippen molar-refractivity contribution in [3.05, 3.63) is 35.9 Å². The van der Waals surface area contributed by atoms with Gasteiger partial charge >= 0.3 is 0 Å². The molecule has 2 aliphatic rings. The van der Waals surface area contributed by atoms with Gasteiger partial charge in [-0.2, -0.15) is 0 Å². The number of hydrogen-bond donors (Lipinski definition) is 1. The van der Waals surface area contributed by atoms with Gasteiger partial charge < -0.3 is 14.8 Å². The zero-order valence-electron chi connectivity index (χ0n) is 12.0. The predicted octanol–water partition coefficient (Wildman–Crippen LogP) is 1.36. The molecule has 110 valence electrons. The Balaban J connectivity index is 2.14. The molecule has 0 spiro atoms. The maximum absolute atomic E-state index is 11.9. The van der Waals surface area contributed by atoms with E-state index in [1.807, 2.05) is 24.3 Å². The highest BCUT2D eigenvalue weighted by Gasteiger charge is 2.51. The van der Waals surface area contributed by atoms with Crippen molar-refractivity contribution in [2.24, 2.45) is 0 Å². The molecule has 0 unspecified atom stereocenters. The van der Waals surface area contributed by atoms with Crippen LogP contribution in [0.15, 0.2) is 30.4 Å². The van der Waals surface area contributed by atoms with Gasteiger partial charge in [-0.25, -0.2) is 0 Å². The fourth-order valence-electron chi connectivity index (χ4n) is 3.12. The molecule has 1 N–H and O–H groups in total. The first kappa shape index (κ1) is 13.7. The number of carbonyl (C=O) groups is 2. The molecule has 1 aliphatic carbocycles. The number of amides is 1. The van der Waals surface area contributed by atoms with Crippen molar-refractivity contribution >= 4 is 11.7 Å². The maximum Gasteiger partial charge on any atom is 0.221 e. The largest absolute Gasteiger partial charge is 0.493 e. The molecule has 0 saturated carbocycles. The summed E-state index contributed by atoms with van der Waals surface area (Å²) in [6.45, 7) is 0. The summed E-state index contributed by atoms with van der Waals surface area (Å²) in [5, 5.41) is 2.65. The van der Waals surface area contributed by atoms with Gasteiger partial charge in [-0.15, -0.1) is 0 Å². The monoisotopic (exact) mass is 287 g/mol. The third-order valence-electron chi connectivity index (χ3n) is 4.22. The van der Waals surface area contributed by atoms with Crippen molar-refractivity contribution in [3.63, 3.8) is 0 Å². The molecule has 1 aliphatic heterocycles. The highest BCUT2D eigenvalue weighted by molar-refractivity contribution is 5.93. The van der Waals surface area contributed by atoms with E-state index in [1.165, 1.54) is 0 Å². The van der Waals surface area contributed by atoms with Gasteiger partial charge in [0.2, 0.25) is 5.91 Å². The highest BCUT2D eigenvalue weighted by Crippen LogP contribution is 2.52. The van der Waals surface area contributed by atoms with Crippen molar-refractivity contribution in [1.29, 1.82) is 0 Å². The Morgan fingerprint density at radius 3 is 3.05 bits per heavy atom. The normalized spacial score (nSPS) is 25.8. The first-order valence-electron chi connectivity index (χ1n) is 6.87. The highest BCUT2D eigenvalue weighted by atomic mass is 16.5. The van der Waals surface area contributed by atoms with E-state index < -0.39 is 5.41 Å². The van der Waals surface area contributed by atoms with E-state index in [2.05, 4.69) is 5.32 Å². The van der Waals surface area contributed by atoms with Crippen molar-refractivity contribution in [3.8, 4) is 11.5 Å². The van der Waals surface area contributed by atoms with Crippen molar-refractivity contribution in [2.45, 2.75) is 24.4 Å². The van der Waals surface area contributed by atoms with Gasteiger partial charge in [0.1, 0.15) is 6.10 Å². The van der Waals surface area contributed by atoms with Crippen LogP contribution in [0.3, 0.4) is 0 Å². The lowest BCUT2D eigenvalue weighted by atomic mass is 9.70. The van der Waals surface area contributed by atoms with Crippen molar-refractivity contribution in [1.82, 2.24) is 5.32 Å². The second-order valence-corrected chi connectivity index (χ2v) is 5.34. The number of rotatable bonds is 3. The molecule has 5 heteroatoms. The average Bonchev–Trinajstić information content (AvgIpc) is 2.80. The third kappa shape index (κ3) is 2.00. The summed E-state index contributed by atoms with van der Waals surface area (Å²) in [4.78, 5) is 23.7. The topological polar surface area (TPSA) is 64.6 Å². The van der Waals surface area contributed by atoms with Gasteiger partial charge in [0, 0.05) is 25.5 Å². The number of carbonyl (C=O) groups excluding carboxylic acids is 2. The summed E-state index contributed by atoms with van der Waals surface area (Å²) in [5.41, 5.74) is 0.303. The molecule has 0 aromatic heterocycles. The van der Waals surface area contributed by atoms with E-state index in [9.17, 15) is 9.59 Å². The lowest BCUT2D eigenvalue weighted by molar-refractivity contribution is -0.123. The fourth-order valence-corrected chi connectivity index (χ4v) is 3.12. The molecule has 1 aromatic carbocycles. The molecule has 0 saturated heterocycles. The Morgan fingerprint density at radius 1 is 1.52 bits per heavy atom. The zero-order chi connectivity index (χ0) is 15.0. The van der Waals surface area contributed by atoms with Crippen LogP contribution < -0.4 is 14.8 Å². The second kappa shape index (κ2) is 4.91. The van der Waals surface area contributed by atoms with Gasteiger partial charge in [0.25, 0.3) is 0 Å². The molecule has 2 atom stereocenters. The van der Waals surface area contributed by atoms with E-state index >= 15 is 0 Å². The van der Waals surface area contributed by atoms with Crippen molar-refractivity contribution in [2.75, 3.05) is 14.2 Å². The van der Waals surface area contributed by atoms with Crippen molar-refractivity contribution < 1.29 is 19.1 Å². The van der Waals surface area contributed by atoms with E-state index in [0.717, 1.165) is 5.56 Å². The third-order valence-corrected chi connectivity index (χ3v) is 4.22. The van der Waals surface area contributed by atoms with Crippen LogP contribution in [0.4, 0.5) is 0 Å². The summed E-state index contributed by atoms with van der Waals surface area (Å²) < 4.78 is 11.3. The summed E-state index contributed by atoms with van der Waals surface area (Å²) >= 11 is 0. The molecule has 0 fully saturated rings. The van der Waals surface area contributed by atoms with E-state index in [-0.39, 0.29) is 30.6 Å². The van der Waals surface area contributed by atoms with Crippen LogP contribution in [-0.2, 0) is 15.0 Å². The van der Waals surface area contributed by atoms with E-state index in [0.29, 0.717) is 11.5 Å². The van der Waals surface area contributed by atoms with Gasteiger partial charge in [0.15, 0.2) is 17.3 Å². The van der Waals surface area contributed by atoms with Gasteiger partial charge in [-0.1, -0.05) is 18.2 Å². The Morgan fingerprint density at radius 2 is 2.33 bits per heavy atom. The molecule has 1 heterocycles. The summed E-state index contributed by atoms with van der Waals surface area (Å²) in [7, 11) is 3.18. The lowest BCUT2D eigenvalue weighted by Crippen LogP contribution is -2.43. The van der Waals surface area contributed by atoms with Gasteiger partial charge in [-0.05, 0) is 12.1 Å². The van der Waals surface area contributed by atoms with E-state index in [4.69, 9.17) is 9.47 Å². The summed E-state index contributed by atoms with van der Waals surface area (Å²) in [6, 6.07) is 5.62. The second-order valence-electron chi connectivity index (χ2n) is 5.34. The van der Waals surface area contributed by atoms with Crippen LogP contribution in [0.2, 0.25) is 0 Å². The molecule has 3 rings (SSSR count). The zero-order valence-corrected chi connectivity index (χ0v) is 12.0. The molecule has 5 nitrogen and oxygen atoms in total. The molecule has 1 aromatic rings. The van der Waals surface area contributed by atoms with Gasteiger partial charge in [-0.3, -0.25) is 9.59 Å². The van der Waals surface area contributed by atoms with Crippen LogP contribution >= 0.6 is 0 Å². The first-order chi connectivity index (χ1) is 10.1. The van der Waals surface area contributed by atoms with Crippen LogP contribution in [-0.4, -0.2) is 32.0 Å². The minimum absolute atomic E-state index is 0.0132. The van der Waals surface area contributed by atoms with Crippen LogP contribution in [0.25, 0.3) is 0 Å².